The van der Waals surface area contributed by atoms with Gasteiger partial charge >= 0.3 is 0 Å². The highest BCUT2D eigenvalue weighted by atomic mass is 35.5. The molecule has 2 amide bonds. The van der Waals surface area contributed by atoms with Gasteiger partial charge in [-0.3, -0.25) is 9.59 Å². The largest absolute Gasteiger partial charge is 0.490 e. The lowest BCUT2D eigenvalue weighted by molar-refractivity contribution is -0.152. The van der Waals surface area contributed by atoms with Gasteiger partial charge in [-0.1, -0.05) is 60.1 Å². The lowest BCUT2D eigenvalue weighted by atomic mass is 9.96. The van der Waals surface area contributed by atoms with E-state index in [2.05, 4.69) is 0 Å². The van der Waals surface area contributed by atoms with Crippen LogP contribution in [0.5, 0.6) is 5.75 Å². The normalized spacial score (nSPS) is 17.4. The number of benzene rings is 3. The van der Waals surface area contributed by atoms with Crippen molar-refractivity contribution in [2.24, 2.45) is 0 Å². The standard InChI is InChI=1S/C30H33ClN2O4/c1-22-9-7-8-12-26(22)29(35)33-15-16-37-30(20-33,21-36-25-13-14-27(31)23(2)17-25)18-28(34)32(3)19-24-10-5-4-6-11-24/h4-14,17H,15-16,18-21H2,1-3H3/t30-/m0/s1. The molecule has 1 heterocycles. The molecular weight excluding hydrogens is 488 g/mol. The second kappa shape index (κ2) is 11.8. The maximum Gasteiger partial charge on any atom is 0.254 e. The van der Waals surface area contributed by atoms with Crippen molar-refractivity contribution in [2.45, 2.75) is 32.4 Å². The minimum Gasteiger partial charge on any atom is -0.490 e. The van der Waals surface area contributed by atoms with E-state index in [9.17, 15) is 9.59 Å². The monoisotopic (exact) mass is 520 g/mol. The number of morpholine rings is 1. The summed E-state index contributed by atoms with van der Waals surface area (Å²) in [5, 5.41) is 0.656. The Morgan fingerprint density at radius 1 is 1.03 bits per heavy atom. The van der Waals surface area contributed by atoms with Gasteiger partial charge in [-0.2, -0.15) is 0 Å². The highest BCUT2D eigenvalue weighted by Crippen LogP contribution is 2.28. The Bertz CT molecular complexity index is 1250. The number of aryl methyl sites for hydroxylation is 2. The summed E-state index contributed by atoms with van der Waals surface area (Å²) in [6.45, 7) is 5.45. The van der Waals surface area contributed by atoms with Crippen LogP contribution in [0.15, 0.2) is 72.8 Å². The fraction of sp³-hybridized carbons (Fsp3) is 0.333. The van der Waals surface area contributed by atoms with Gasteiger partial charge in [-0.15, -0.1) is 0 Å². The Morgan fingerprint density at radius 2 is 1.76 bits per heavy atom. The summed E-state index contributed by atoms with van der Waals surface area (Å²) in [7, 11) is 1.78. The topological polar surface area (TPSA) is 59.1 Å². The molecule has 1 atom stereocenters. The molecular formula is C30H33ClN2O4. The summed E-state index contributed by atoms with van der Waals surface area (Å²) in [6.07, 6.45) is 0.0838. The minimum absolute atomic E-state index is 0.0711. The van der Waals surface area contributed by atoms with Gasteiger partial charge < -0.3 is 19.3 Å². The van der Waals surface area contributed by atoms with Crippen LogP contribution in [0.2, 0.25) is 5.02 Å². The summed E-state index contributed by atoms with van der Waals surface area (Å²) >= 11 is 6.18. The zero-order valence-corrected chi connectivity index (χ0v) is 22.3. The molecule has 1 fully saturated rings. The predicted molar refractivity (Wildman–Crippen MR) is 145 cm³/mol. The van der Waals surface area contributed by atoms with Crippen LogP contribution in [0.4, 0.5) is 0 Å². The highest BCUT2D eigenvalue weighted by Gasteiger charge is 2.42. The van der Waals surface area contributed by atoms with Crippen molar-refractivity contribution >= 4 is 23.4 Å². The van der Waals surface area contributed by atoms with E-state index < -0.39 is 5.60 Å². The Balaban J connectivity index is 1.55. The fourth-order valence-corrected chi connectivity index (χ4v) is 4.64. The molecule has 1 aliphatic rings. The van der Waals surface area contributed by atoms with Gasteiger partial charge in [0.25, 0.3) is 5.91 Å². The van der Waals surface area contributed by atoms with Crippen LogP contribution in [-0.4, -0.2) is 60.6 Å². The average molecular weight is 521 g/mol. The molecule has 3 aromatic rings. The first-order valence-corrected chi connectivity index (χ1v) is 12.8. The number of carbonyl (C=O) groups excluding carboxylic acids is 2. The zero-order chi connectivity index (χ0) is 26.4. The van der Waals surface area contributed by atoms with Gasteiger partial charge in [0.1, 0.15) is 18.0 Å². The number of nitrogens with zero attached hydrogens (tertiary/aromatic N) is 2. The molecule has 0 bridgehead atoms. The molecule has 194 valence electrons. The Kier molecular flexibility index (Phi) is 8.52. The molecule has 0 N–H and O–H groups in total. The third kappa shape index (κ3) is 6.70. The van der Waals surface area contributed by atoms with E-state index >= 15 is 0 Å². The van der Waals surface area contributed by atoms with Crippen LogP contribution in [-0.2, 0) is 16.1 Å². The predicted octanol–water partition coefficient (Wildman–Crippen LogP) is 5.30. The van der Waals surface area contributed by atoms with Gasteiger partial charge in [0.15, 0.2) is 0 Å². The van der Waals surface area contributed by atoms with Gasteiger partial charge in [0.05, 0.1) is 19.6 Å². The maximum atomic E-state index is 13.4. The minimum atomic E-state index is -0.994. The molecule has 0 saturated carbocycles. The van der Waals surface area contributed by atoms with Crippen molar-refractivity contribution in [3.05, 3.63) is 100 Å². The summed E-state index contributed by atoms with van der Waals surface area (Å²) in [4.78, 5) is 30.3. The third-order valence-corrected chi connectivity index (χ3v) is 7.13. The van der Waals surface area contributed by atoms with Gasteiger partial charge in [0, 0.05) is 30.7 Å². The molecule has 7 heteroatoms. The number of ether oxygens (including phenoxy) is 2. The van der Waals surface area contributed by atoms with Crippen LogP contribution >= 0.6 is 11.6 Å². The lowest BCUT2D eigenvalue weighted by Gasteiger charge is -2.42. The first-order chi connectivity index (χ1) is 17.8. The van der Waals surface area contributed by atoms with E-state index in [1.54, 1.807) is 29.0 Å². The molecule has 0 unspecified atom stereocenters. The van der Waals surface area contributed by atoms with Crippen LogP contribution in [0.1, 0.15) is 33.5 Å². The van der Waals surface area contributed by atoms with E-state index in [4.69, 9.17) is 21.1 Å². The van der Waals surface area contributed by atoms with Crippen molar-refractivity contribution in [3.8, 4) is 5.75 Å². The molecule has 37 heavy (non-hydrogen) atoms. The summed E-state index contributed by atoms with van der Waals surface area (Å²) in [6, 6.07) is 22.8. The van der Waals surface area contributed by atoms with Crippen LogP contribution in [0.25, 0.3) is 0 Å². The van der Waals surface area contributed by atoms with E-state index in [0.29, 0.717) is 36.0 Å². The summed E-state index contributed by atoms with van der Waals surface area (Å²) < 4.78 is 12.4. The highest BCUT2D eigenvalue weighted by molar-refractivity contribution is 6.31. The van der Waals surface area contributed by atoms with Crippen molar-refractivity contribution in [1.29, 1.82) is 0 Å². The van der Waals surface area contributed by atoms with Crippen molar-refractivity contribution in [2.75, 3.05) is 33.4 Å². The Morgan fingerprint density at radius 3 is 2.49 bits per heavy atom. The molecule has 6 nitrogen and oxygen atoms in total. The first-order valence-electron chi connectivity index (χ1n) is 12.4. The molecule has 0 radical (unpaired) electrons. The second-order valence-electron chi connectivity index (χ2n) is 9.68. The van der Waals surface area contributed by atoms with Crippen molar-refractivity contribution in [3.63, 3.8) is 0 Å². The van der Waals surface area contributed by atoms with Crippen LogP contribution < -0.4 is 4.74 Å². The summed E-state index contributed by atoms with van der Waals surface area (Å²) in [5.74, 6) is 0.487. The van der Waals surface area contributed by atoms with E-state index in [1.807, 2.05) is 74.5 Å². The van der Waals surface area contributed by atoms with Gasteiger partial charge in [-0.05, 0) is 54.8 Å². The Hall–Kier alpha value is -3.35. The number of amides is 2. The summed E-state index contributed by atoms with van der Waals surface area (Å²) in [5.41, 5.74) is 2.51. The lowest BCUT2D eigenvalue weighted by Crippen LogP contribution is -2.58. The number of rotatable bonds is 8. The van der Waals surface area contributed by atoms with E-state index in [-0.39, 0.29) is 31.4 Å². The maximum absolute atomic E-state index is 13.4. The quantitative estimate of drug-likeness (QED) is 0.404. The number of hydrogen-bond acceptors (Lipinski definition) is 4. The first kappa shape index (κ1) is 26.7. The van der Waals surface area contributed by atoms with Gasteiger partial charge in [0.2, 0.25) is 5.91 Å². The number of halogens is 1. The van der Waals surface area contributed by atoms with Crippen LogP contribution in [0, 0.1) is 13.8 Å². The second-order valence-corrected chi connectivity index (χ2v) is 10.1. The molecule has 1 saturated heterocycles. The molecule has 4 rings (SSSR count). The van der Waals surface area contributed by atoms with E-state index in [1.165, 1.54) is 0 Å². The molecule has 0 aliphatic carbocycles. The van der Waals surface area contributed by atoms with E-state index in [0.717, 1.165) is 16.7 Å². The molecule has 1 aliphatic heterocycles. The number of carbonyl (C=O) groups is 2. The Labute approximate surface area is 223 Å². The van der Waals surface area contributed by atoms with Crippen molar-refractivity contribution < 1.29 is 19.1 Å². The van der Waals surface area contributed by atoms with Crippen molar-refractivity contribution in [1.82, 2.24) is 9.80 Å². The van der Waals surface area contributed by atoms with Gasteiger partial charge in [-0.25, -0.2) is 0 Å². The molecule has 0 spiro atoms. The van der Waals surface area contributed by atoms with Crippen LogP contribution in [0.3, 0.4) is 0 Å². The fourth-order valence-electron chi connectivity index (χ4n) is 4.52. The smallest absolute Gasteiger partial charge is 0.254 e. The SMILES string of the molecule is Cc1cc(OC[C@]2(CC(=O)N(C)Cc3ccccc3)CN(C(=O)c3ccccc3C)CCO2)ccc1Cl. The average Bonchev–Trinajstić information content (AvgIpc) is 2.90. The number of hydrogen-bond donors (Lipinski definition) is 0. The molecule has 0 aromatic heterocycles. The zero-order valence-electron chi connectivity index (χ0n) is 21.6. The third-order valence-electron chi connectivity index (χ3n) is 6.70. The molecule has 3 aromatic carbocycles.